The smallest absolute Gasteiger partial charge is 0.332 e. The number of amides is 2. The van der Waals surface area contributed by atoms with Crippen LogP contribution in [0.5, 0.6) is 0 Å². The number of urea groups is 1. The van der Waals surface area contributed by atoms with Gasteiger partial charge in [-0.15, -0.1) is 5.06 Å². The normalized spacial score (nSPS) is 15.1. The highest BCUT2D eigenvalue weighted by molar-refractivity contribution is 5.90. The lowest BCUT2D eigenvalue weighted by atomic mass is 10.2. The van der Waals surface area contributed by atoms with Crippen molar-refractivity contribution >= 4 is 12.0 Å². The highest BCUT2D eigenvalue weighted by Gasteiger charge is 2.19. The number of benzene rings is 1. The van der Waals surface area contributed by atoms with E-state index in [1.54, 1.807) is 42.5 Å². The van der Waals surface area contributed by atoms with Gasteiger partial charge in [-0.2, -0.15) is 0 Å². The molecule has 17 heavy (non-hydrogen) atoms. The highest BCUT2D eigenvalue weighted by Crippen LogP contribution is 2.04. The Labute approximate surface area is 98.6 Å². The van der Waals surface area contributed by atoms with Gasteiger partial charge in [0, 0.05) is 6.54 Å². The lowest BCUT2D eigenvalue weighted by molar-refractivity contribution is -0.0652. The van der Waals surface area contributed by atoms with Gasteiger partial charge >= 0.3 is 12.0 Å². The van der Waals surface area contributed by atoms with Crippen LogP contribution in [-0.2, 0) is 4.84 Å². The summed E-state index contributed by atoms with van der Waals surface area (Å²) in [5, 5.41) is 3.57. The lowest BCUT2D eigenvalue weighted by Gasteiger charge is -2.18. The summed E-state index contributed by atoms with van der Waals surface area (Å²) in [5.41, 5.74) is 0.411. The highest BCUT2D eigenvalue weighted by atomic mass is 16.7. The minimum absolute atomic E-state index is 0.254. The quantitative estimate of drug-likeness (QED) is 0.783. The van der Waals surface area contributed by atoms with Crippen molar-refractivity contribution < 1.29 is 14.4 Å². The molecule has 0 saturated heterocycles. The van der Waals surface area contributed by atoms with Crippen molar-refractivity contribution in [2.75, 3.05) is 13.1 Å². The molecule has 0 spiro atoms. The molecule has 0 saturated carbocycles. The SMILES string of the molecule is O=C(ON1CC=CCNC1=O)c1ccccc1. The fraction of sp³-hybridized carbons (Fsp3) is 0.167. The van der Waals surface area contributed by atoms with Crippen molar-refractivity contribution in [1.29, 1.82) is 0 Å². The molecule has 0 atom stereocenters. The zero-order chi connectivity index (χ0) is 12.1. The zero-order valence-corrected chi connectivity index (χ0v) is 9.13. The Balaban J connectivity index is 2.03. The summed E-state index contributed by atoms with van der Waals surface area (Å²) >= 11 is 0. The Bertz CT molecular complexity index is 442. The molecule has 1 aromatic rings. The van der Waals surface area contributed by atoms with Crippen LogP contribution in [0.15, 0.2) is 42.5 Å². The molecule has 5 nitrogen and oxygen atoms in total. The molecular weight excluding hydrogens is 220 g/mol. The van der Waals surface area contributed by atoms with Gasteiger partial charge in [-0.1, -0.05) is 30.4 Å². The first-order valence-corrected chi connectivity index (χ1v) is 5.25. The average Bonchev–Trinajstić information content (AvgIpc) is 2.56. The van der Waals surface area contributed by atoms with E-state index in [-0.39, 0.29) is 6.54 Å². The topological polar surface area (TPSA) is 58.6 Å². The van der Waals surface area contributed by atoms with E-state index < -0.39 is 12.0 Å². The Morgan fingerprint density at radius 1 is 1.24 bits per heavy atom. The van der Waals surface area contributed by atoms with E-state index in [0.717, 1.165) is 5.06 Å². The number of nitrogens with zero attached hydrogens (tertiary/aromatic N) is 1. The Hall–Kier alpha value is -2.30. The average molecular weight is 232 g/mol. The Morgan fingerprint density at radius 2 is 2.00 bits per heavy atom. The number of hydroxylamine groups is 2. The number of carbonyl (C=O) groups is 2. The molecule has 0 aliphatic carbocycles. The van der Waals surface area contributed by atoms with E-state index in [1.165, 1.54) is 0 Å². The van der Waals surface area contributed by atoms with Crippen molar-refractivity contribution in [3.8, 4) is 0 Å². The first-order valence-electron chi connectivity index (χ1n) is 5.25. The van der Waals surface area contributed by atoms with E-state index in [4.69, 9.17) is 4.84 Å². The molecule has 0 fully saturated rings. The van der Waals surface area contributed by atoms with Gasteiger partial charge in [-0.05, 0) is 12.1 Å². The third-order valence-electron chi connectivity index (χ3n) is 2.24. The standard InChI is InChI=1S/C12H12N2O3/c15-11(10-6-2-1-3-7-10)17-14-9-5-4-8-13-12(14)16/h1-7H,8-9H2,(H,13,16). The van der Waals surface area contributed by atoms with Crippen LogP contribution < -0.4 is 5.32 Å². The summed E-state index contributed by atoms with van der Waals surface area (Å²) in [6, 6.07) is 8.12. The molecule has 1 aliphatic heterocycles. The van der Waals surface area contributed by atoms with Crippen molar-refractivity contribution in [1.82, 2.24) is 10.4 Å². The van der Waals surface area contributed by atoms with E-state index in [0.29, 0.717) is 12.1 Å². The van der Waals surface area contributed by atoms with Crippen LogP contribution in [0.4, 0.5) is 4.79 Å². The van der Waals surface area contributed by atoms with Crippen molar-refractivity contribution in [3.63, 3.8) is 0 Å². The summed E-state index contributed by atoms with van der Waals surface area (Å²) in [4.78, 5) is 28.2. The van der Waals surface area contributed by atoms with Gasteiger partial charge in [0.1, 0.15) is 0 Å². The Kier molecular flexibility index (Phi) is 3.40. The van der Waals surface area contributed by atoms with Crippen LogP contribution in [0.1, 0.15) is 10.4 Å². The second-order valence-electron chi connectivity index (χ2n) is 3.46. The number of hydrogen-bond acceptors (Lipinski definition) is 3. The van der Waals surface area contributed by atoms with E-state index in [1.807, 2.05) is 0 Å². The predicted molar refractivity (Wildman–Crippen MR) is 61.1 cm³/mol. The second kappa shape index (κ2) is 5.16. The maximum absolute atomic E-state index is 11.7. The van der Waals surface area contributed by atoms with Gasteiger partial charge in [-0.3, -0.25) is 0 Å². The maximum Gasteiger partial charge on any atom is 0.363 e. The molecule has 2 rings (SSSR count). The molecule has 1 aliphatic rings. The largest absolute Gasteiger partial charge is 0.363 e. The van der Waals surface area contributed by atoms with Crippen LogP contribution in [0.25, 0.3) is 0 Å². The second-order valence-corrected chi connectivity index (χ2v) is 3.46. The van der Waals surface area contributed by atoms with Gasteiger partial charge in [0.25, 0.3) is 0 Å². The molecule has 1 aromatic carbocycles. The van der Waals surface area contributed by atoms with Gasteiger partial charge in [0.15, 0.2) is 0 Å². The van der Waals surface area contributed by atoms with Crippen LogP contribution >= 0.6 is 0 Å². The van der Waals surface area contributed by atoms with E-state index in [9.17, 15) is 9.59 Å². The van der Waals surface area contributed by atoms with Crippen molar-refractivity contribution in [3.05, 3.63) is 48.0 Å². The summed E-state index contributed by atoms with van der Waals surface area (Å²) in [6.45, 7) is 0.697. The monoisotopic (exact) mass is 232 g/mol. The van der Waals surface area contributed by atoms with Crippen LogP contribution in [0.3, 0.4) is 0 Å². The van der Waals surface area contributed by atoms with E-state index >= 15 is 0 Å². The van der Waals surface area contributed by atoms with Crippen LogP contribution in [0, 0.1) is 0 Å². The van der Waals surface area contributed by atoms with E-state index in [2.05, 4.69) is 5.32 Å². The van der Waals surface area contributed by atoms with Gasteiger partial charge in [0.2, 0.25) is 0 Å². The van der Waals surface area contributed by atoms with Gasteiger partial charge in [0.05, 0.1) is 12.1 Å². The fourth-order valence-corrected chi connectivity index (χ4v) is 1.38. The maximum atomic E-state index is 11.7. The molecule has 0 aromatic heterocycles. The van der Waals surface area contributed by atoms with Gasteiger partial charge < -0.3 is 10.2 Å². The van der Waals surface area contributed by atoms with Crippen LogP contribution in [0.2, 0.25) is 0 Å². The number of hydrogen-bond donors (Lipinski definition) is 1. The Morgan fingerprint density at radius 3 is 2.76 bits per heavy atom. The molecule has 0 radical (unpaired) electrons. The first-order chi connectivity index (χ1) is 8.27. The molecule has 5 heteroatoms. The number of nitrogens with one attached hydrogen (secondary N) is 1. The summed E-state index contributed by atoms with van der Waals surface area (Å²) in [6.07, 6.45) is 3.56. The summed E-state index contributed by atoms with van der Waals surface area (Å²) < 4.78 is 0. The molecular formula is C12H12N2O3. The predicted octanol–water partition coefficient (Wildman–Crippen LogP) is 1.34. The van der Waals surface area contributed by atoms with Crippen molar-refractivity contribution in [2.45, 2.75) is 0 Å². The zero-order valence-electron chi connectivity index (χ0n) is 9.13. The van der Waals surface area contributed by atoms with Gasteiger partial charge in [-0.25, -0.2) is 9.59 Å². The summed E-state index contributed by atoms with van der Waals surface area (Å²) in [5.74, 6) is -0.545. The third-order valence-corrected chi connectivity index (χ3v) is 2.24. The summed E-state index contributed by atoms with van der Waals surface area (Å²) in [7, 11) is 0. The molecule has 0 bridgehead atoms. The molecule has 2 amide bonds. The number of rotatable bonds is 2. The molecule has 0 unspecified atom stereocenters. The minimum atomic E-state index is -0.545. The third kappa shape index (κ3) is 2.84. The van der Waals surface area contributed by atoms with Crippen LogP contribution in [-0.4, -0.2) is 30.2 Å². The molecule has 1 N–H and O–H groups in total. The fourth-order valence-electron chi connectivity index (χ4n) is 1.38. The number of carbonyl (C=O) groups excluding carboxylic acids is 2. The van der Waals surface area contributed by atoms with Crippen molar-refractivity contribution in [2.24, 2.45) is 0 Å². The minimum Gasteiger partial charge on any atom is -0.332 e. The molecule has 1 heterocycles. The first kappa shape index (κ1) is 11.2. The molecule has 88 valence electrons. The lowest BCUT2D eigenvalue weighted by Crippen LogP contribution is -2.40.